The Balaban J connectivity index is 0.000000226. The zero-order chi connectivity index (χ0) is 10.3. The standard InChI is InChI=1S/C9H16NO.CH2O2/c1-10(2)6-4-3-5-7(10)9-8(6)11-9;2-1-3/h6-9H,3-5H2,1-2H3;1H,(H,2,3)/q+1;/p-1. The van der Waals surface area contributed by atoms with Gasteiger partial charge in [-0.1, -0.05) is 0 Å². The van der Waals surface area contributed by atoms with Crippen LogP contribution in [-0.4, -0.2) is 49.3 Å². The molecule has 4 heteroatoms. The van der Waals surface area contributed by atoms with Crippen LogP contribution in [0.15, 0.2) is 0 Å². The van der Waals surface area contributed by atoms with Crippen LogP contribution in [0.25, 0.3) is 0 Å². The number of carboxylic acid groups (broad SMARTS) is 1. The van der Waals surface area contributed by atoms with Crippen molar-refractivity contribution < 1.29 is 19.1 Å². The number of quaternary nitrogens is 1. The molecule has 4 atom stereocenters. The minimum Gasteiger partial charge on any atom is -0.554 e. The molecule has 14 heavy (non-hydrogen) atoms. The number of carbonyl (C=O) groups is 1. The number of morpholine rings is 1. The number of rotatable bonds is 0. The molecule has 4 unspecified atom stereocenters. The van der Waals surface area contributed by atoms with Gasteiger partial charge in [0.15, 0.2) is 0 Å². The number of likely N-dealkylation sites (N-methyl/N-ethyl adjacent to an activating group) is 1. The Morgan fingerprint density at radius 1 is 1.29 bits per heavy atom. The molecule has 0 saturated carbocycles. The van der Waals surface area contributed by atoms with Gasteiger partial charge in [0.25, 0.3) is 0 Å². The van der Waals surface area contributed by atoms with Gasteiger partial charge in [-0.15, -0.1) is 0 Å². The quantitative estimate of drug-likeness (QED) is 0.289. The summed E-state index contributed by atoms with van der Waals surface area (Å²) < 4.78 is 6.89. The number of nitrogens with zero attached hydrogens (tertiary/aromatic N) is 1. The zero-order valence-corrected chi connectivity index (χ0v) is 8.68. The lowest BCUT2D eigenvalue weighted by molar-refractivity contribution is -0.937. The van der Waals surface area contributed by atoms with Crippen molar-refractivity contribution in [1.29, 1.82) is 0 Å². The molecule has 4 nitrogen and oxygen atoms in total. The van der Waals surface area contributed by atoms with Gasteiger partial charge in [-0.05, 0) is 6.42 Å². The maximum absolute atomic E-state index is 8.25. The molecule has 3 saturated heterocycles. The van der Waals surface area contributed by atoms with Crippen molar-refractivity contribution in [2.45, 2.75) is 43.6 Å². The van der Waals surface area contributed by atoms with E-state index in [-0.39, 0.29) is 0 Å². The summed E-state index contributed by atoms with van der Waals surface area (Å²) >= 11 is 0. The molecule has 0 aromatic carbocycles. The topological polar surface area (TPSA) is 52.7 Å². The van der Waals surface area contributed by atoms with E-state index in [1.54, 1.807) is 0 Å². The van der Waals surface area contributed by atoms with E-state index >= 15 is 0 Å². The highest BCUT2D eigenvalue weighted by Gasteiger charge is 2.68. The van der Waals surface area contributed by atoms with Gasteiger partial charge in [0.05, 0.1) is 14.1 Å². The molecular formula is C10H17NO3. The maximum Gasteiger partial charge on any atom is 0.142 e. The third-order valence-corrected chi connectivity index (χ3v) is 4.03. The SMILES string of the molecule is C[N+]1(C)C2CCCC1C1OC12.O=C[O-]. The second-order valence-electron chi connectivity index (χ2n) is 4.86. The molecule has 0 radical (unpaired) electrons. The number of epoxide rings is 1. The molecule has 0 aromatic heterocycles. The number of hydrogen-bond donors (Lipinski definition) is 0. The Labute approximate surface area is 84.1 Å². The molecule has 0 aliphatic carbocycles. The molecule has 0 amide bonds. The average Bonchev–Trinajstić information content (AvgIpc) is 2.77. The van der Waals surface area contributed by atoms with Crippen LogP contribution in [0, 0.1) is 0 Å². The smallest absolute Gasteiger partial charge is 0.142 e. The number of ether oxygens (including phenoxy) is 1. The summed E-state index contributed by atoms with van der Waals surface area (Å²) in [6.07, 6.45) is 5.53. The maximum atomic E-state index is 8.25. The molecule has 3 heterocycles. The van der Waals surface area contributed by atoms with Crippen LogP contribution < -0.4 is 5.11 Å². The predicted molar refractivity (Wildman–Crippen MR) is 48.3 cm³/mol. The lowest BCUT2D eigenvalue weighted by Gasteiger charge is -2.43. The van der Waals surface area contributed by atoms with Gasteiger partial charge in [0.2, 0.25) is 0 Å². The van der Waals surface area contributed by atoms with Crippen molar-refractivity contribution in [3.8, 4) is 0 Å². The van der Waals surface area contributed by atoms with Gasteiger partial charge in [0.1, 0.15) is 24.3 Å². The molecule has 3 aliphatic rings. The first kappa shape index (κ1) is 9.93. The lowest BCUT2D eigenvalue weighted by atomic mass is 10.00. The second kappa shape index (κ2) is 3.21. The van der Waals surface area contributed by atoms with E-state index in [0.717, 1.165) is 12.1 Å². The Kier molecular flexibility index (Phi) is 2.27. The normalized spacial score (nSPS) is 45.9. The minimum atomic E-state index is -0.500. The van der Waals surface area contributed by atoms with Crippen LogP contribution in [0.1, 0.15) is 19.3 Å². The fourth-order valence-corrected chi connectivity index (χ4v) is 3.29. The fraction of sp³-hybridized carbons (Fsp3) is 0.900. The largest absolute Gasteiger partial charge is 0.554 e. The van der Waals surface area contributed by atoms with Gasteiger partial charge in [0, 0.05) is 19.3 Å². The molecule has 80 valence electrons. The fourth-order valence-electron chi connectivity index (χ4n) is 3.29. The summed E-state index contributed by atoms with van der Waals surface area (Å²) in [7, 11) is 4.76. The molecule has 3 aliphatic heterocycles. The highest BCUT2D eigenvalue weighted by Crippen LogP contribution is 2.50. The van der Waals surface area contributed by atoms with Crippen LogP contribution in [0.2, 0.25) is 0 Å². The number of fused-ring (bicyclic) bond motifs is 5. The summed E-state index contributed by atoms with van der Waals surface area (Å²) in [5.74, 6) is 0. The van der Waals surface area contributed by atoms with Crippen molar-refractivity contribution in [2.24, 2.45) is 0 Å². The van der Waals surface area contributed by atoms with Crippen molar-refractivity contribution in [1.82, 2.24) is 0 Å². The zero-order valence-electron chi connectivity index (χ0n) is 8.68. The van der Waals surface area contributed by atoms with E-state index in [2.05, 4.69) is 14.1 Å². The lowest BCUT2D eigenvalue weighted by Crippen LogP contribution is -2.56. The monoisotopic (exact) mass is 199 g/mol. The van der Waals surface area contributed by atoms with Crippen molar-refractivity contribution in [3.63, 3.8) is 0 Å². The van der Waals surface area contributed by atoms with Crippen molar-refractivity contribution >= 4 is 6.47 Å². The summed E-state index contributed by atoms with van der Waals surface area (Å²) in [5, 5.41) is 8.25. The Morgan fingerprint density at radius 3 is 2.07 bits per heavy atom. The predicted octanol–water partition coefficient (Wildman–Crippen LogP) is -0.869. The first-order valence-corrected chi connectivity index (χ1v) is 5.17. The Bertz CT molecular complexity index is 224. The van der Waals surface area contributed by atoms with Gasteiger partial charge in [-0.25, -0.2) is 0 Å². The molecule has 3 fully saturated rings. The minimum absolute atomic E-state index is 0.500. The first-order chi connectivity index (χ1) is 6.62. The molecular weight excluding hydrogens is 182 g/mol. The summed E-state index contributed by atoms with van der Waals surface area (Å²) in [5.41, 5.74) is 0. The van der Waals surface area contributed by atoms with Crippen LogP contribution in [-0.2, 0) is 9.53 Å². The van der Waals surface area contributed by atoms with Gasteiger partial charge in [-0.3, -0.25) is 0 Å². The highest BCUT2D eigenvalue weighted by atomic mass is 16.6. The number of carbonyl (C=O) groups excluding carboxylic acids is 1. The Hall–Kier alpha value is -0.610. The second-order valence-corrected chi connectivity index (χ2v) is 4.86. The first-order valence-electron chi connectivity index (χ1n) is 5.17. The van der Waals surface area contributed by atoms with E-state index in [4.69, 9.17) is 14.6 Å². The van der Waals surface area contributed by atoms with E-state index in [1.807, 2.05) is 0 Å². The van der Waals surface area contributed by atoms with E-state index < -0.39 is 6.47 Å². The Morgan fingerprint density at radius 2 is 1.71 bits per heavy atom. The van der Waals surface area contributed by atoms with Gasteiger partial charge < -0.3 is 19.1 Å². The van der Waals surface area contributed by atoms with Crippen molar-refractivity contribution in [2.75, 3.05) is 14.1 Å². The summed E-state index contributed by atoms with van der Waals surface area (Å²) in [6, 6.07) is 1.66. The molecule has 3 rings (SSSR count). The van der Waals surface area contributed by atoms with Gasteiger partial charge in [-0.2, -0.15) is 0 Å². The number of piperidine rings is 1. The van der Waals surface area contributed by atoms with E-state index in [9.17, 15) is 0 Å². The van der Waals surface area contributed by atoms with E-state index in [1.165, 1.54) is 23.7 Å². The highest BCUT2D eigenvalue weighted by molar-refractivity contribution is 5.29. The van der Waals surface area contributed by atoms with Gasteiger partial charge >= 0.3 is 0 Å². The summed E-state index contributed by atoms with van der Waals surface area (Å²) in [6.45, 7) is -0.500. The van der Waals surface area contributed by atoms with Crippen LogP contribution in [0.4, 0.5) is 0 Å². The third kappa shape index (κ3) is 1.25. The third-order valence-electron chi connectivity index (χ3n) is 4.03. The van der Waals surface area contributed by atoms with E-state index in [0.29, 0.717) is 12.2 Å². The number of hydrogen-bond acceptors (Lipinski definition) is 3. The molecule has 2 bridgehead atoms. The summed E-state index contributed by atoms with van der Waals surface area (Å²) in [4.78, 5) is 8.25. The molecule has 0 N–H and O–H groups in total. The van der Waals surface area contributed by atoms with Crippen molar-refractivity contribution in [3.05, 3.63) is 0 Å². The van der Waals surface area contributed by atoms with Crippen LogP contribution in [0.5, 0.6) is 0 Å². The van der Waals surface area contributed by atoms with Crippen LogP contribution in [0.3, 0.4) is 0 Å². The average molecular weight is 199 g/mol. The molecule has 0 aromatic rings. The van der Waals surface area contributed by atoms with Crippen LogP contribution >= 0.6 is 0 Å². The molecule has 0 spiro atoms.